The van der Waals surface area contributed by atoms with Crippen LogP contribution in [-0.4, -0.2) is 23.3 Å². The number of nitrogens with zero attached hydrogens (tertiary/aromatic N) is 1. The van der Waals surface area contributed by atoms with E-state index in [1.165, 1.54) is 12.1 Å². The molecule has 1 saturated heterocycles. The number of ether oxygens (including phenoxy) is 1. The van der Waals surface area contributed by atoms with E-state index < -0.39 is 0 Å². The highest BCUT2D eigenvalue weighted by Gasteiger charge is 2.28. The fourth-order valence-electron chi connectivity index (χ4n) is 3.13. The van der Waals surface area contributed by atoms with E-state index in [0.717, 1.165) is 37.1 Å². The van der Waals surface area contributed by atoms with Gasteiger partial charge in [0.25, 0.3) is 0 Å². The molecular weight excluding hydrogens is 317 g/mol. The lowest BCUT2D eigenvalue weighted by molar-refractivity contribution is -0.0283. The van der Waals surface area contributed by atoms with Crippen molar-refractivity contribution in [3.05, 3.63) is 52.6 Å². The number of benzene rings is 1. The zero-order valence-corrected chi connectivity index (χ0v) is 13.8. The van der Waals surface area contributed by atoms with Crippen molar-refractivity contribution < 1.29 is 9.13 Å². The highest BCUT2D eigenvalue weighted by molar-refractivity contribution is 6.31. The van der Waals surface area contributed by atoms with Gasteiger partial charge >= 0.3 is 0 Å². The normalized spacial score (nSPS) is 22.9. The van der Waals surface area contributed by atoms with Crippen LogP contribution < -0.4 is 5.32 Å². The molecule has 1 fully saturated rings. The molecule has 0 aliphatic carbocycles. The van der Waals surface area contributed by atoms with E-state index in [-0.39, 0.29) is 18.0 Å². The van der Waals surface area contributed by atoms with Gasteiger partial charge in [0.15, 0.2) is 0 Å². The number of aromatic amines is 1. The summed E-state index contributed by atoms with van der Waals surface area (Å²) in [4.78, 5) is 0. The maximum Gasteiger partial charge on any atom is 0.124 e. The monoisotopic (exact) mass is 337 g/mol. The smallest absolute Gasteiger partial charge is 0.124 e. The molecule has 0 bridgehead atoms. The minimum atomic E-state index is -0.313. The van der Waals surface area contributed by atoms with E-state index in [1.54, 1.807) is 6.07 Å². The van der Waals surface area contributed by atoms with Crippen molar-refractivity contribution in [3.63, 3.8) is 0 Å². The number of rotatable bonds is 5. The van der Waals surface area contributed by atoms with Gasteiger partial charge in [0.2, 0.25) is 0 Å². The number of hydrogen-bond donors (Lipinski definition) is 2. The molecule has 6 heteroatoms. The second-order valence-corrected chi connectivity index (χ2v) is 6.43. The lowest BCUT2D eigenvalue weighted by Crippen LogP contribution is -2.33. The number of halogens is 2. The van der Waals surface area contributed by atoms with Crippen molar-refractivity contribution in [2.24, 2.45) is 5.92 Å². The summed E-state index contributed by atoms with van der Waals surface area (Å²) in [6.45, 7) is 3.63. The Kier molecular flexibility index (Phi) is 5.30. The third kappa shape index (κ3) is 3.91. The van der Waals surface area contributed by atoms with Crippen LogP contribution in [0.3, 0.4) is 0 Å². The summed E-state index contributed by atoms with van der Waals surface area (Å²) in [6, 6.07) is 4.58. The minimum Gasteiger partial charge on any atom is -0.373 e. The van der Waals surface area contributed by atoms with Gasteiger partial charge in [-0.15, -0.1) is 0 Å². The lowest BCUT2D eigenvalue weighted by atomic mass is 9.90. The molecule has 2 heterocycles. The molecule has 2 N–H and O–H groups in total. The fourth-order valence-corrected chi connectivity index (χ4v) is 3.46. The van der Waals surface area contributed by atoms with Gasteiger partial charge in [0.05, 0.1) is 12.3 Å². The van der Waals surface area contributed by atoms with Gasteiger partial charge in [-0.1, -0.05) is 17.7 Å². The Hall–Kier alpha value is -1.43. The fraction of sp³-hybridized carbons (Fsp3) is 0.471. The maximum absolute atomic E-state index is 13.2. The topological polar surface area (TPSA) is 49.9 Å². The second kappa shape index (κ2) is 7.43. The largest absolute Gasteiger partial charge is 0.373 e. The summed E-state index contributed by atoms with van der Waals surface area (Å²) in [6.07, 6.45) is 5.94. The summed E-state index contributed by atoms with van der Waals surface area (Å²) in [7, 11) is 0. The zero-order valence-electron chi connectivity index (χ0n) is 13.1. The molecule has 124 valence electrons. The first kappa shape index (κ1) is 16.4. The van der Waals surface area contributed by atoms with Crippen molar-refractivity contribution in [1.82, 2.24) is 15.5 Å². The molecule has 1 aromatic heterocycles. The molecule has 3 rings (SSSR count). The van der Waals surface area contributed by atoms with E-state index in [9.17, 15) is 4.39 Å². The molecule has 3 atom stereocenters. The van der Waals surface area contributed by atoms with Crippen molar-refractivity contribution in [3.8, 4) is 0 Å². The van der Waals surface area contributed by atoms with Gasteiger partial charge in [0, 0.05) is 41.9 Å². The van der Waals surface area contributed by atoms with E-state index in [2.05, 4.69) is 15.5 Å². The van der Waals surface area contributed by atoms with E-state index in [4.69, 9.17) is 16.3 Å². The molecule has 4 nitrogen and oxygen atoms in total. The summed E-state index contributed by atoms with van der Waals surface area (Å²) < 4.78 is 19.1. The SMILES string of the molecule is CC(NC[C@@H]1CCCO[C@H]1c1cn[nH]c1)c1ccc(F)cc1Cl. The Morgan fingerprint density at radius 3 is 3.13 bits per heavy atom. The van der Waals surface area contributed by atoms with Crippen LogP contribution in [0.2, 0.25) is 5.02 Å². The molecule has 0 radical (unpaired) electrons. The third-order valence-corrected chi connectivity index (χ3v) is 4.74. The Balaban J connectivity index is 1.64. The van der Waals surface area contributed by atoms with Crippen molar-refractivity contribution in [2.45, 2.75) is 31.9 Å². The summed E-state index contributed by atoms with van der Waals surface area (Å²) in [5.41, 5.74) is 1.99. The molecule has 0 amide bonds. The van der Waals surface area contributed by atoms with Crippen LogP contribution in [0.4, 0.5) is 4.39 Å². The molecule has 1 unspecified atom stereocenters. The van der Waals surface area contributed by atoms with Crippen LogP contribution in [-0.2, 0) is 4.74 Å². The predicted octanol–water partition coefficient (Wildman–Crippen LogP) is 4.02. The molecule has 1 aromatic carbocycles. The number of nitrogens with one attached hydrogen (secondary N) is 2. The quantitative estimate of drug-likeness (QED) is 0.866. The Bertz CT molecular complexity index is 635. The number of aromatic nitrogens is 2. The van der Waals surface area contributed by atoms with Crippen LogP contribution in [0, 0.1) is 11.7 Å². The number of hydrogen-bond acceptors (Lipinski definition) is 3. The van der Waals surface area contributed by atoms with Crippen molar-refractivity contribution in [1.29, 1.82) is 0 Å². The Morgan fingerprint density at radius 1 is 1.52 bits per heavy atom. The molecular formula is C17H21ClFN3O. The average molecular weight is 338 g/mol. The summed E-state index contributed by atoms with van der Waals surface area (Å²) >= 11 is 6.14. The van der Waals surface area contributed by atoms with Crippen LogP contribution >= 0.6 is 11.6 Å². The second-order valence-electron chi connectivity index (χ2n) is 6.02. The highest BCUT2D eigenvalue weighted by Crippen LogP contribution is 2.33. The van der Waals surface area contributed by atoms with Gasteiger partial charge < -0.3 is 10.1 Å². The molecule has 2 aromatic rings. The third-order valence-electron chi connectivity index (χ3n) is 4.41. The molecule has 23 heavy (non-hydrogen) atoms. The molecule has 0 saturated carbocycles. The van der Waals surface area contributed by atoms with Crippen LogP contribution in [0.25, 0.3) is 0 Å². The van der Waals surface area contributed by atoms with E-state index in [1.807, 2.05) is 19.3 Å². The van der Waals surface area contributed by atoms with Crippen LogP contribution in [0.5, 0.6) is 0 Å². The van der Waals surface area contributed by atoms with Gasteiger partial charge in [-0.25, -0.2) is 4.39 Å². The van der Waals surface area contributed by atoms with Crippen molar-refractivity contribution >= 4 is 11.6 Å². The molecule has 1 aliphatic rings. The summed E-state index contributed by atoms with van der Waals surface area (Å²) in [5.74, 6) is 0.0645. The van der Waals surface area contributed by atoms with Gasteiger partial charge in [-0.3, -0.25) is 5.10 Å². The van der Waals surface area contributed by atoms with Gasteiger partial charge in [-0.05, 0) is 37.5 Å². The minimum absolute atomic E-state index is 0.0510. The lowest BCUT2D eigenvalue weighted by Gasteiger charge is -2.32. The Morgan fingerprint density at radius 2 is 2.39 bits per heavy atom. The first-order valence-electron chi connectivity index (χ1n) is 7.93. The first-order chi connectivity index (χ1) is 11.1. The molecule has 0 spiro atoms. The van der Waals surface area contributed by atoms with E-state index in [0.29, 0.717) is 10.9 Å². The summed E-state index contributed by atoms with van der Waals surface area (Å²) in [5, 5.41) is 10.8. The van der Waals surface area contributed by atoms with Gasteiger partial charge in [0.1, 0.15) is 5.82 Å². The standard InChI is InChI=1S/C17H21ClFN3O/c1-11(15-5-4-14(19)7-16(15)18)20-8-12-3-2-6-23-17(12)13-9-21-22-10-13/h4-5,7,9-12,17,20H,2-3,6,8H2,1H3,(H,21,22)/t11?,12-,17+/m0/s1. The van der Waals surface area contributed by atoms with Crippen LogP contribution in [0.15, 0.2) is 30.6 Å². The Labute approximate surface area is 140 Å². The number of H-pyrrole nitrogens is 1. The van der Waals surface area contributed by atoms with Crippen molar-refractivity contribution in [2.75, 3.05) is 13.2 Å². The average Bonchev–Trinajstić information content (AvgIpc) is 3.07. The maximum atomic E-state index is 13.2. The van der Waals surface area contributed by atoms with Gasteiger partial charge in [-0.2, -0.15) is 5.10 Å². The highest BCUT2D eigenvalue weighted by atomic mass is 35.5. The predicted molar refractivity (Wildman–Crippen MR) is 87.8 cm³/mol. The van der Waals surface area contributed by atoms with E-state index >= 15 is 0 Å². The van der Waals surface area contributed by atoms with Crippen LogP contribution in [0.1, 0.15) is 43.0 Å². The first-order valence-corrected chi connectivity index (χ1v) is 8.31. The molecule has 1 aliphatic heterocycles. The zero-order chi connectivity index (χ0) is 16.2.